The summed E-state index contributed by atoms with van der Waals surface area (Å²) in [5.74, 6) is -0.0155. The second-order valence-corrected chi connectivity index (χ2v) is 5.05. The third-order valence-corrected chi connectivity index (χ3v) is 3.29. The van der Waals surface area contributed by atoms with Gasteiger partial charge in [0.25, 0.3) is 5.91 Å². The van der Waals surface area contributed by atoms with Crippen LogP contribution in [0.5, 0.6) is 0 Å². The van der Waals surface area contributed by atoms with Crippen molar-refractivity contribution in [3.05, 3.63) is 17.8 Å². The van der Waals surface area contributed by atoms with E-state index in [-0.39, 0.29) is 11.7 Å². The fraction of sp³-hybridized carbons (Fsp3) is 0.538. The zero-order valence-electron chi connectivity index (χ0n) is 11.2. The highest BCUT2D eigenvalue weighted by Gasteiger charge is 2.16. The first-order valence-electron chi connectivity index (χ1n) is 6.61. The highest BCUT2D eigenvalue weighted by molar-refractivity contribution is 5.91. The summed E-state index contributed by atoms with van der Waals surface area (Å²) in [5, 5.41) is 3.25. The van der Waals surface area contributed by atoms with Gasteiger partial charge in [0.05, 0.1) is 5.69 Å². The molecular formula is C13H21N5O. The van der Waals surface area contributed by atoms with Gasteiger partial charge in [-0.1, -0.05) is 0 Å². The molecule has 19 heavy (non-hydrogen) atoms. The Kier molecular flexibility index (Phi) is 4.21. The van der Waals surface area contributed by atoms with Crippen LogP contribution in [0.3, 0.4) is 0 Å². The standard InChI is InChI=1S/C13H21N5O/c1-9(8-18-6-2-3-7-18)16-13-10(14)4-5-11(17-13)12(15)19/h4-5,9H,2-3,6-8,14H2,1H3,(H2,15,19)(H,16,17). The largest absolute Gasteiger partial charge is 0.396 e. The van der Waals surface area contributed by atoms with Crippen LogP contribution >= 0.6 is 0 Å². The smallest absolute Gasteiger partial charge is 0.267 e. The molecule has 0 radical (unpaired) electrons. The van der Waals surface area contributed by atoms with E-state index >= 15 is 0 Å². The zero-order valence-corrected chi connectivity index (χ0v) is 11.2. The minimum Gasteiger partial charge on any atom is -0.396 e. The summed E-state index contributed by atoms with van der Waals surface area (Å²) in [7, 11) is 0. The maximum atomic E-state index is 11.1. The highest BCUT2D eigenvalue weighted by Crippen LogP contribution is 2.17. The molecule has 1 aliphatic heterocycles. The molecule has 0 saturated carbocycles. The summed E-state index contributed by atoms with van der Waals surface area (Å²) in [5.41, 5.74) is 11.8. The lowest BCUT2D eigenvalue weighted by Gasteiger charge is -2.22. The maximum Gasteiger partial charge on any atom is 0.267 e. The van der Waals surface area contributed by atoms with Crippen molar-refractivity contribution in [2.24, 2.45) is 5.73 Å². The van der Waals surface area contributed by atoms with Crippen LogP contribution < -0.4 is 16.8 Å². The van der Waals surface area contributed by atoms with Crippen molar-refractivity contribution in [1.29, 1.82) is 0 Å². The van der Waals surface area contributed by atoms with Crippen molar-refractivity contribution >= 4 is 17.4 Å². The Balaban J connectivity index is 2.00. The van der Waals surface area contributed by atoms with Gasteiger partial charge in [-0.2, -0.15) is 0 Å². The van der Waals surface area contributed by atoms with E-state index in [0.717, 1.165) is 19.6 Å². The average Bonchev–Trinajstić information content (AvgIpc) is 2.84. The lowest BCUT2D eigenvalue weighted by atomic mass is 10.2. The molecule has 0 spiro atoms. The second-order valence-electron chi connectivity index (χ2n) is 5.05. The number of nitrogens with zero attached hydrogens (tertiary/aromatic N) is 2. The molecule has 2 heterocycles. The lowest BCUT2D eigenvalue weighted by Crippen LogP contribution is -2.33. The van der Waals surface area contributed by atoms with Gasteiger partial charge in [-0.3, -0.25) is 4.79 Å². The number of likely N-dealkylation sites (tertiary alicyclic amines) is 1. The molecule has 1 fully saturated rings. The van der Waals surface area contributed by atoms with Crippen molar-refractivity contribution in [2.45, 2.75) is 25.8 Å². The van der Waals surface area contributed by atoms with Crippen molar-refractivity contribution in [2.75, 3.05) is 30.7 Å². The molecular weight excluding hydrogens is 242 g/mol. The zero-order chi connectivity index (χ0) is 13.8. The first-order valence-corrected chi connectivity index (χ1v) is 6.61. The molecule has 1 aliphatic rings. The first kappa shape index (κ1) is 13.6. The lowest BCUT2D eigenvalue weighted by molar-refractivity contribution is 0.0995. The molecule has 1 atom stereocenters. The highest BCUT2D eigenvalue weighted by atomic mass is 16.1. The second kappa shape index (κ2) is 5.88. The Labute approximate surface area is 113 Å². The first-order chi connectivity index (χ1) is 9.06. The third-order valence-electron chi connectivity index (χ3n) is 3.29. The van der Waals surface area contributed by atoms with E-state index in [1.165, 1.54) is 18.9 Å². The number of primary amides is 1. The van der Waals surface area contributed by atoms with Crippen molar-refractivity contribution in [1.82, 2.24) is 9.88 Å². The molecule has 1 amide bonds. The van der Waals surface area contributed by atoms with Gasteiger partial charge in [0, 0.05) is 12.6 Å². The summed E-state index contributed by atoms with van der Waals surface area (Å²) in [6, 6.07) is 3.41. The minimum absolute atomic E-state index is 0.219. The predicted octanol–water partition coefficient (Wildman–Crippen LogP) is 0.659. The molecule has 1 aromatic heterocycles. The molecule has 5 N–H and O–H groups in total. The van der Waals surface area contributed by atoms with Crippen molar-refractivity contribution in [3.63, 3.8) is 0 Å². The molecule has 0 aromatic carbocycles. The fourth-order valence-corrected chi connectivity index (χ4v) is 2.35. The molecule has 6 nitrogen and oxygen atoms in total. The summed E-state index contributed by atoms with van der Waals surface area (Å²) in [4.78, 5) is 17.7. The molecule has 104 valence electrons. The van der Waals surface area contributed by atoms with Gasteiger partial charge in [-0.05, 0) is 45.0 Å². The van der Waals surface area contributed by atoms with Crippen LogP contribution in [0.2, 0.25) is 0 Å². The number of aromatic nitrogens is 1. The van der Waals surface area contributed by atoms with Gasteiger partial charge in [0.2, 0.25) is 0 Å². The van der Waals surface area contributed by atoms with Gasteiger partial charge in [0.1, 0.15) is 11.5 Å². The Morgan fingerprint density at radius 3 is 2.79 bits per heavy atom. The number of nitrogen functional groups attached to an aromatic ring is 1. The number of amides is 1. The predicted molar refractivity (Wildman–Crippen MR) is 75.9 cm³/mol. The molecule has 1 aromatic rings. The van der Waals surface area contributed by atoms with Crippen LogP contribution in [0.1, 0.15) is 30.3 Å². The number of carbonyl (C=O) groups excluding carboxylic acids is 1. The van der Waals surface area contributed by atoms with Gasteiger partial charge in [-0.25, -0.2) is 4.98 Å². The number of hydrogen-bond donors (Lipinski definition) is 3. The molecule has 0 aliphatic carbocycles. The summed E-state index contributed by atoms with van der Waals surface area (Å²) >= 11 is 0. The normalized spacial score (nSPS) is 17.3. The van der Waals surface area contributed by atoms with Crippen LogP contribution in [-0.4, -0.2) is 41.5 Å². The van der Waals surface area contributed by atoms with Gasteiger partial charge >= 0.3 is 0 Å². The van der Waals surface area contributed by atoms with Crippen LogP contribution in [0, 0.1) is 0 Å². The fourth-order valence-electron chi connectivity index (χ4n) is 2.35. The van der Waals surface area contributed by atoms with E-state index in [2.05, 4.69) is 22.1 Å². The number of carbonyl (C=O) groups is 1. The maximum absolute atomic E-state index is 11.1. The SMILES string of the molecule is CC(CN1CCCC1)Nc1nc(C(N)=O)ccc1N. The van der Waals surface area contributed by atoms with E-state index < -0.39 is 5.91 Å². The number of nitrogens with one attached hydrogen (secondary N) is 1. The van der Waals surface area contributed by atoms with Crippen molar-refractivity contribution in [3.8, 4) is 0 Å². The summed E-state index contributed by atoms with van der Waals surface area (Å²) in [6.07, 6.45) is 2.54. The van der Waals surface area contributed by atoms with E-state index in [1.54, 1.807) is 6.07 Å². The average molecular weight is 263 g/mol. The van der Waals surface area contributed by atoms with Crippen LogP contribution in [0.15, 0.2) is 12.1 Å². The number of nitrogens with two attached hydrogens (primary N) is 2. The Hall–Kier alpha value is -1.82. The van der Waals surface area contributed by atoms with Crippen LogP contribution in [-0.2, 0) is 0 Å². The minimum atomic E-state index is -0.546. The number of pyridine rings is 1. The van der Waals surface area contributed by atoms with E-state index in [1.807, 2.05) is 0 Å². The van der Waals surface area contributed by atoms with Crippen LogP contribution in [0.25, 0.3) is 0 Å². The Bertz CT molecular complexity index is 456. The van der Waals surface area contributed by atoms with Crippen molar-refractivity contribution < 1.29 is 4.79 Å². The third kappa shape index (κ3) is 3.57. The molecule has 1 unspecified atom stereocenters. The van der Waals surface area contributed by atoms with Crippen LogP contribution in [0.4, 0.5) is 11.5 Å². The molecule has 0 bridgehead atoms. The summed E-state index contributed by atoms with van der Waals surface area (Å²) in [6.45, 7) is 5.32. The Morgan fingerprint density at radius 2 is 2.16 bits per heavy atom. The quantitative estimate of drug-likeness (QED) is 0.725. The summed E-state index contributed by atoms with van der Waals surface area (Å²) < 4.78 is 0. The number of rotatable bonds is 5. The number of anilines is 2. The van der Waals surface area contributed by atoms with Gasteiger partial charge < -0.3 is 21.7 Å². The Morgan fingerprint density at radius 1 is 1.47 bits per heavy atom. The van der Waals surface area contributed by atoms with E-state index in [0.29, 0.717) is 11.5 Å². The monoisotopic (exact) mass is 263 g/mol. The molecule has 6 heteroatoms. The van der Waals surface area contributed by atoms with Gasteiger partial charge in [0.15, 0.2) is 0 Å². The molecule has 2 rings (SSSR count). The number of hydrogen-bond acceptors (Lipinski definition) is 5. The van der Waals surface area contributed by atoms with E-state index in [4.69, 9.17) is 11.5 Å². The molecule has 1 saturated heterocycles. The van der Waals surface area contributed by atoms with E-state index in [9.17, 15) is 4.79 Å². The topological polar surface area (TPSA) is 97.3 Å². The van der Waals surface area contributed by atoms with Gasteiger partial charge in [-0.15, -0.1) is 0 Å².